The molecule has 0 N–H and O–H groups in total. The Kier molecular flexibility index (Phi) is 7.56. The van der Waals surface area contributed by atoms with E-state index in [9.17, 15) is 0 Å². The topological polar surface area (TPSA) is 0 Å². The van der Waals surface area contributed by atoms with Gasteiger partial charge < -0.3 is 0 Å². The van der Waals surface area contributed by atoms with Gasteiger partial charge in [0.2, 0.25) is 0 Å². The first-order valence-electron chi connectivity index (χ1n) is 11.9. The standard InChI is InChI=1S/C29H47P/c1-20(2)23-16-17-24(25(19-23)21(3)4)26-15-13-14-18-29(26,22(5)6)30(27(7,8)9)28(10,11)12/h13-22,26H,1-12H3. The highest BCUT2D eigenvalue weighted by molar-refractivity contribution is 7.62. The van der Waals surface area contributed by atoms with Crippen molar-refractivity contribution in [3.8, 4) is 0 Å². The zero-order valence-electron chi connectivity index (χ0n) is 21.8. The summed E-state index contributed by atoms with van der Waals surface area (Å²) in [6, 6.07) is 7.35. The summed E-state index contributed by atoms with van der Waals surface area (Å²) in [4.78, 5) is 0. The highest BCUT2D eigenvalue weighted by Gasteiger charge is 2.54. The lowest BCUT2D eigenvalue weighted by Crippen LogP contribution is -2.47. The van der Waals surface area contributed by atoms with Gasteiger partial charge in [0.15, 0.2) is 0 Å². The quantitative estimate of drug-likeness (QED) is 0.411. The minimum Gasteiger partial charge on any atom is -0.0841 e. The Morgan fingerprint density at radius 1 is 0.800 bits per heavy atom. The van der Waals surface area contributed by atoms with Crippen LogP contribution in [-0.4, -0.2) is 15.5 Å². The van der Waals surface area contributed by atoms with Gasteiger partial charge in [0.05, 0.1) is 0 Å². The number of hydrogen-bond donors (Lipinski definition) is 0. The molecule has 0 bridgehead atoms. The SMILES string of the molecule is CC(C)c1ccc(C2C=CC=CC2(C(C)C)P(C(C)(C)C)C(C)(C)C)c(C(C)C)c1. The third kappa shape index (κ3) is 4.80. The van der Waals surface area contributed by atoms with Crippen LogP contribution in [0.4, 0.5) is 0 Å². The molecule has 0 saturated carbocycles. The molecule has 0 saturated heterocycles. The maximum absolute atomic E-state index is 2.60. The van der Waals surface area contributed by atoms with Crippen molar-refractivity contribution >= 4 is 7.92 Å². The van der Waals surface area contributed by atoms with Crippen molar-refractivity contribution < 1.29 is 0 Å². The molecule has 1 aliphatic carbocycles. The van der Waals surface area contributed by atoms with Crippen LogP contribution in [0.5, 0.6) is 0 Å². The van der Waals surface area contributed by atoms with E-state index in [0.29, 0.717) is 23.7 Å². The van der Waals surface area contributed by atoms with Gasteiger partial charge in [-0.2, -0.15) is 0 Å². The van der Waals surface area contributed by atoms with E-state index >= 15 is 0 Å². The fraction of sp³-hybridized carbons (Fsp3) is 0.655. The monoisotopic (exact) mass is 426 g/mol. The molecule has 2 unspecified atom stereocenters. The van der Waals surface area contributed by atoms with Crippen LogP contribution >= 0.6 is 7.92 Å². The van der Waals surface area contributed by atoms with Crippen LogP contribution in [0.25, 0.3) is 0 Å². The molecule has 2 atom stereocenters. The minimum absolute atomic E-state index is 0.142. The molecule has 1 aromatic rings. The fourth-order valence-corrected chi connectivity index (χ4v) is 11.5. The Morgan fingerprint density at radius 2 is 1.37 bits per heavy atom. The first-order valence-corrected chi connectivity index (χ1v) is 13.3. The van der Waals surface area contributed by atoms with Gasteiger partial charge in [0.1, 0.15) is 0 Å². The highest BCUT2D eigenvalue weighted by Crippen LogP contribution is 2.74. The molecule has 1 aromatic carbocycles. The molecule has 0 heterocycles. The van der Waals surface area contributed by atoms with Crippen LogP contribution in [0, 0.1) is 5.92 Å². The van der Waals surface area contributed by atoms with Crippen LogP contribution in [0.3, 0.4) is 0 Å². The van der Waals surface area contributed by atoms with E-state index < -0.39 is 0 Å². The molecule has 1 aliphatic rings. The second-order valence-corrected chi connectivity index (χ2v) is 16.3. The van der Waals surface area contributed by atoms with Crippen molar-refractivity contribution in [2.45, 2.75) is 116 Å². The lowest BCUT2D eigenvalue weighted by molar-refractivity contribution is 0.440. The van der Waals surface area contributed by atoms with Gasteiger partial charge in [0.25, 0.3) is 0 Å². The molecular formula is C29H47P. The van der Waals surface area contributed by atoms with Crippen molar-refractivity contribution in [3.05, 3.63) is 59.2 Å². The molecule has 0 amide bonds. The van der Waals surface area contributed by atoms with Gasteiger partial charge in [-0.05, 0) is 44.8 Å². The summed E-state index contributed by atoms with van der Waals surface area (Å²) in [5.74, 6) is 2.08. The lowest BCUT2D eigenvalue weighted by atomic mass is 9.73. The Balaban J connectivity index is 2.83. The first kappa shape index (κ1) is 25.4. The van der Waals surface area contributed by atoms with Gasteiger partial charge in [-0.15, -0.1) is 0 Å². The number of rotatable bonds is 5. The Hall–Kier alpha value is -0.870. The van der Waals surface area contributed by atoms with Gasteiger partial charge >= 0.3 is 0 Å². The van der Waals surface area contributed by atoms with Crippen molar-refractivity contribution in [1.29, 1.82) is 0 Å². The summed E-state index contributed by atoms with van der Waals surface area (Å²) in [5, 5.41) is 0.673. The van der Waals surface area contributed by atoms with E-state index in [1.54, 1.807) is 5.56 Å². The summed E-state index contributed by atoms with van der Waals surface area (Å²) in [6.45, 7) is 29.1. The molecule has 168 valence electrons. The van der Waals surface area contributed by atoms with Gasteiger partial charge in [-0.25, -0.2) is 0 Å². The van der Waals surface area contributed by atoms with Crippen LogP contribution in [0.2, 0.25) is 0 Å². The summed E-state index contributed by atoms with van der Waals surface area (Å²) in [6.07, 6.45) is 9.75. The Bertz CT molecular complexity index is 766. The van der Waals surface area contributed by atoms with E-state index in [4.69, 9.17) is 0 Å². The van der Waals surface area contributed by atoms with Crippen molar-refractivity contribution in [3.63, 3.8) is 0 Å². The summed E-state index contributed by atoms with van der Waals surface area (Å²) in [5.41, 5.74) is 4.54. The molecule has 1 heteroatoms. The molecule has 0 fully saturated rings. The average Bonchev–Trinajstić information content (AvgIpc) is 2.58. The first-order chi connectivity index (χ1) is 13.6. The molecule has 0 nitrogen and oxygen atoms in total. The second kappa shape index (κ2) is 8.94. The number of hydrogen-bond acceptors (Lipinski definition) is 0. The molecule has 0 aliphatic heterocycles. The number of allylic oxidation sites excluding steroid dienone is 4. The summed E-state index contributed by atoms with van der Waals surface area (Å²) in [7, 11) is -0.337. The van der Waals surface area contributed by atoms with E-state index in [1.807, 2.05) is 0 Å². The predicted molar refractivity (Wildman–Crippen MR) is 140 cm³/mol. The van der Waals surface area contributed by atoms with E-state index in [0.717, 1.165) is 0 Å². The maximum Gasteiger partial charge on any atom is 0.0223 e. The van der Waals surface area contributed by atoms with Gasteiger partial charge in [-0.3, -0.25) is 0 Å². The molecule has 0 aromatic heterocycles. The highest BCUT2D eigenvalue weighted by atomic mass is 31.1. The van der Waals surface area contributed by atoms with Crippen LogP contribution in [-0.2, 0) is 0 Å². The molecule has 2 rings (SSSR count). The van der Waals surface area contributed by atoms with E-state index in [-0.39, 0.29) is 23.4 Å². The largest absolute Gasteiger partial charge is 0.0841 e. The normalized spacial score (nSPS) is 22.7. The molecule has 0 spiro atoms. The predicted octanol–water partition coefficient (Wildman–Crippen LogP) is 9.62. The van der Waals surface area contributed by atoms with Crippen LogP contribution in [0.15, 0.2) is 42.5 Å². The molecule has 0 radical (unpaired) electrons. The van der Waals surface area contributed by atoms with Crippen LogP contribution in [0.1, 0.15) is 118 Å². The van der Waals surface area contributed by atoms with Crippen LogP contribution < -0.4 is 0 Å². The average molecular weight is 427 g/mol. The summed E-state index contributed by atoms with van der Waals surface area (Å²) < 4.78 is 0. The third-order valence-corrected chi connectivity index (χ3v) is 11.1. The second-order valence-electron chi connectivity index (χ2n) is 12.1. The van der Waals surface area contributed by atoms with Crippen molar-refractivity contribution in [2.75, 3.05) is 0 Å². The zero-order chi connectivity index (χ0) is 23.1. The smallest absolute Gasteiger partial charge is 0.0223 e. The molecule has 30 heavy (non-hydrogen) atoms. The lowest BCUT2D eigenvalue weighted by Gasteiger charge is -2.58. The van der Waals surface area contributed by atoms with E-state index in [2.05, 4.69) is 126 Å². The Morgan fingerprint density at radius 3 is 1.80 bits per heavy atom. The van der Waals surface area contributed by atoms with Gasteiger partial charge in [0, 0.05) is 11.1 Å². The fourth-order valence-electron chi connectivity index (χ4n) is 5.92. The zero-order valence-corrected chi connectivity index (χ0v) is 22.7. The Labute approximate surface area is 189 Å². The third-order valence-electron chi connectivity index (χ3n) is 6.66. The van der Waals surface area contributed by atoms with E-state index in [1.165, 1.54) is 11.1 Å². The minimum atomic E-state index is -0.337. The van der Waals surface area contributed by atoms with Crippen molar-refractivity contribution in [2.24, 2.45) is 5.92 Å². The number of benzene rings is 1. The van der Waals surface area contributed by atoms with Crippen molar-refractivity contribution in [1.82, 2.24) is 0 Å². The maximum atomic E-state index is 2.60. The molecular weight excluding hydrogens is 379 g/mol. The summed E-state index contributed by atoms with van der Waals surface area (Å²) >= 11 is 0. The van der Waals surface area contributed by atoms with Gasteiger partial charge in [-0.1, -0.05) is 134 Å².